The Balaban J connectivity index is 1.93. The molecule has 4 heteroatoms. The summed E-state index contributed by atoms with van der Waals surface area (Å²) in [6.07, 6.45) is 3.75. The van der Waals surface area contributed by atoms with E-state index in [1.54, 1.807) is 12.1 Å². The predicted octanol–water partition coefficient (Wildman–Crippen LogP) is 2.52. The van der Waals surface area contributed by atoms with Gasteiger partial charge in [0.25, 0.3) is 0 Å². The number of amides is 2. The molecule has 1 aromatic carbocycles. The van der Waals surface area contributed by atoms with E-state index in [0.29, 0.717) is 5.92 Å². The maximum absolute atomic E-state index is 13.1. The molecule has 0 saturated heterocycles. The van der Waals surface area contributed by atoms with Gasteiger partial charge in [0.05, 0.1) is 0 Å². The summed E-state index contributed by atoms with van der Waals surface area (Å²) in [5, 5.41) is 2.73. The van der Waals surface area contributed by atoms with Gasteiger partial charge in [-0.25, -0.2) is 9.18 Å². The lowest BCUT2D eigenvalue weighted by atomic mass is 9.82. The molecule has 1 fully saturated rings. The molecular weight excluding hydrogens is 219 g/mol. The van der Waals surface area contributed by atoms with Crippen molar-refractivity contribution < 1.29 is 9.18 Å². The Kier molecular flexibility index (Phi) is 3.61. The van der Waals surface area contributed by atoms with E-state index in [4.69, 9.17) is 5.73 Å². The van der Waals surface area contributed by atoms with Crippen molar-refractivity contribution in [3.8, 4) is 0 Å². The number of carbonyl (C=O) groups is 1. The third-order valence-electron chi connectivity index (χ3n) is 3.39. The highest BCUT2D eigenvalue weighted by Gasteiger charge is 2.22. The summed E-state index contributed by atoms with van der Waals surface area (Å²) in [5.74, 6) is 0.219. The molecule has 1 saturated carbocycles. The standard InChI is InChI=1S/C13H17FN2O/c14-11-3-1-2-10(8-11)9-4-6-12(7-5-9)16-13(15)17/h1-3,8-9,12H,4-7H2,(H3,15,16,17). The van der Waals surface area contributed by atoms with Crippen LogP contribution in [-0.2, 0) is 0 Å². The Labute approximate surface area is 100 Å². The van der Waals surface area contributed by atoms with Gasteiger partial charge in [-0.05, 0) is 49.3 Å². The van der Waals surface area contributed by atoms with Crippen molar-refractivity contribution in [1.82, 2.24) is 5.32 Å². The lowest BCUT2D eigenvalue weighted by Crippen LogP contribution is -2.40. The monoisotopic (exact) mass is 236 g/mol. The normalized spacial score (nSPS) is 24.3. The fourth-order valence-corrected chi connectivity index (χ4v) is 2.53. The molecule has 3 N–H and O–H groups in total. The van der Waals surface area contributed by atoms with Crippen LogP contribution in [0.15, 0.2) is 24.3 Å². The van der Waals surface area contributed by atoms with Gasteiger partial charge in [-0.1, -0.05) is 12.1 Å². The summed E-state index contributed by atoms with van der Waals surface area (Å²) in [4.78, 5) is 10.7. The number of hydrogen-bond acceptors (Lipinski definition) is 1. The van der Waals surface area contributed by atoms with Gasteiger partial charge < -0.3 is 11.1 Å². The zero-order valence-corrected chi connectivity index (χ0v) is 9.66. The Bertz CT molecular complexity index is 400. The van der Waals surface area contributed by atoms with E-state index in [0.717, 1.165) is 31.2 Å². The van der Waals surface area contributed by atoms with Gasteiger partial charge in [-0.3, -0.25) is 0 Å². The molecule has 1 aliphatic carbocycles. The number of halogens is 1. The Morgan fingerprint density at radius 2 is 2.00 bits per heavy atom. The molecule has 0 aromatic heterocycles. The Morgan fingerprint density at radius 1 is 1.29 bits per heavy atom. The van der Waals surface area contributed by atoms with Crippen LogP contribution in [0.2, 0.25) is 0 Å². The smallest absolute Gasteiger partial charge is 0.312 e. The second kappa shape index (κ2) is 5.17. The molecule has 0 radical (unpaired) electrons. The summed E-state index contributed by atoms with van der Waals surface area (Å²) in [7, 11) is 0. The van der Waals surface area contributed by atoms with Crippen LogP contribution in [0.4, 0.5) is 9.18 Å². The lowest BCUT2D eigenvalue weighted by molar-refractivity contribution is 0.239. The minimum Gasteiger partial charge on any atom is -0.352 e. The number of nitrogens with two attached hydrogens (primary N) is 1. The van der Waals surface area contributed by atoms with E-state index >= 15 is 0 Å². The first-order valence-corrected chi connectivity index (χ1v) is 5.96. The maximum atomic E-state index is 13.1. The molecule has 17 heavy (non-hydrogen) atoms. The predicted molar refractivity (Wildman–Crippen MR) is 64.1 cm³/mol. The number of rotatable bonds is 2. The number of benzene rings is 1. The lowest BCUT2D eigenvalue weighted by Gasteiger charge is -2.28. The first-order chi connectivity index (χ1) is 8.15. The molecule has 1 aliphatic rings. The summed E-state index contributed by atoms with van der Waals surface area (Å²) in [6, 6.07) is 6.50. The summed E-state index contributed by atoms with van der Waals surface area (Å²) >= 11 is 0. The van der Waals surface area contributed by atoms with Gasteiger partial charge in [0, 0.05) is 6.04 Å². The van der Waals surface area contributed by atoms with E-state index in [9.17, 15) is 9.18 Å². The van der Waals surface area contributed by atoms with Gasteiger partial charge in [0.15, 0.2) is 0 Å². The first kappa shape index (κ1) is 11.9. The van der Waals surface area contributed by atoms with Gasteiger partial charge in [0.1, 0.15) is 5.82 Å². The highest BCUT2D eigenvalue weighted by Crippen LogP contribution is 2.32. The van der Waals surface area contributed by atoms with Crippen molar-refractivity contribution in [3.05, 3.63) is 35.6 Å². The molecule has 92 valence electrons. The maximum Gasteiger partial charge on any atom is 0.312 e. The third-order valence-corrected chi connectivity index (χ3v) is 3.39. The van der Waals surface area contributed by atoms with E-state index in [1.807, 2.05) is 6.07 Å². The number of urea groups is 1. The quantitative estimate of drug-likeness (QED) is 0.814. The van der Waals surface area contributed by atoms with Gasteiger partial charge in [-0.2, -0.15) is 0 Å². The van der Waals surface area contributed by atoms with Crippen LogP contribution in [0.5, 0.6) is 0 Å². The van der Waals surface area contributed by atoms with Crippen molar-refractivity contribution >= 4 is 6.03 Å². The fraction of sp³-hybridized carbons (Fsp3) is 0.462. The van der Waals surface area contributed by atoms with E-state index in [-0.39, 0.29) is 11.9 Å². The highest BCUT2D eigenvalue weighted by molar-refractivity contribution is 5.71. The SMILES string of the molecule is NC(=O)NC1CCC(c2cccc(F)c2)CC1. The van der Waals surface area contributed by atoms with Crippen LogP contribution in [0.3, 0.4) is 0 Å². The molecule has 2 rings (SSSR count). The van der Waals surface area contributed by atoms with Crippen molar-refractivity contribution in [1.29, 1.82) is 0 Å². The Hall–Kier alpha value is -1.58. The van der Waals surface area contributed by atoms with Crippen LogP contribution in [0.1, 0.15) is 37.2 Å². The number of carbonyl (C=O) groups excluding carboxylic acids is 1. The molecule has 0 heterocycles. The zero-order valence-electron chi connectivity index (χ0n) is 9.66. The van der Waals surface area contributed by atoms with Gasteiger partial charge >= 0.3 is 6.03 Å². The molecule has 0 unspecified atom stereocenters. The van der Waals surface area contributed by atoms with Crippen molar-refractivity contribution in [2.24, 2.45) is 5.73 Å². The van der Waals surface area contributed by atoms with E-state index < -0.39 is 6.03 Å². The second-order valence-corrected chi connectivity index (χ2v) is 4.61. The fourth-order valence-electron chi connectivity index (χ4n) is 2.53. The molecule has 2 amide bonds. The topological polar surface area (TPSA) is 55.1 Å². The zero-order chi connectivity index (χ0) is 12.3. The minimum atomic E-state index is -0.459. The van der Waals surface area contributed by atoms with Crippen LogP contribution in [-0.4, -0.2) is 12.1 Å². The van der Waals surface area contributed by atoms with E-state index in [1.165, 1.54) is 6.07 Å². The van der Waals surface area contributed by atoms with Crippen molar-refractivity contribution in [3.63, 3.8) is 0 Å². The average Bonchev–Trinajstić information content (AvgIpc) is 2.29. The second-order valence-electron chi connectivity index (χ2n) is 4.61. The summed E-state index contributed by atoms with van der Waals surface area (Å²) < 4.78 is 13.1. The minimum absolute atomic E-state index is 0.178. The number of hydrogen-bond donors (Lipinski definition) is 2. The number of nitrogens with one attached hydrogen (secondary N) is 1. The molecule has 1 aromatic rings. The van der Waals surface area contributed by atoms with Gasteiger partial charge in [-0.15, -0.1) is 0 Å². The largest absolute Gasteiger partial charge is 0.352 e. The van der Waals surface area contributed by atoms with Gasteiger partial charge in [0.2, 0.25) is 0 Å². The molecule has 0 atom stereocenters. The summed E-state index contributed by atoms with van der Waals surface area (Å²) in [6.45, 7) is 0. The van der Waals surface area contributed by atoms with Crippen LogP contribution < -0.4 is 11.1 Å². The van der Waals surface area contributed by atoms with Crippen LogP contribution in [0, 0.1) is 5.82 Å². The summed E-state index contributed by atoms with van der Waals surface area (Å²) in [5.41, 5.74) is 6.15. The average molecular weight is 236 g/mol. The molecule has 0 bridgehead atoms. The van der Waals surface area contributed by atoms with Crippen LogP contribution >= 0.6 is 0 Å². The molecule has 0 spiro atoms. The highest BCUT2D eigenvalue weighted by atomic mass is 19.1. The molecule has 3 nitrogen and oxygen atoms in total. The number of primary amides is 1. The first-order valence-electron chi connectivity index (χ1n) is 5.96. The Morgan fingerprint density at radius 3 is 2.59 bits per heavy atom. The van der Waals surface area contributed by atoms with Crippen molar-refractivity contribution in [2.75, 3.05) is 0 Å². The van der Waals surface area contributed by atoms with Crippen LogP contribution in [0.25, 0.3) is 0 Å². The van der Waals surface area contributed by atoms with Crippen molar-refractivity contribution in [2.45, 2.75) is 37.6 Å². The third kappa shape index (κ3) is 3.19. The molecular formula is C13H17FN2O. The van der Waals surface area contributed by atoms with E-state index in [2.05, 4.69) is 5.32 Å². The molecule has 0 aliphatic heterocycles.